The molecule has 3 aromatic heterocycles. The number of nitrogen functional groups attached to an aromatic ring is 1. The number of allylic oxidation sites excluding steroid dienone is 2. The zero-order valence-electron chi connectivity index (χ0n) is 20.3. The number of hydrogen-bond donors (Lipinski definition) is 1. The number of hydrogen-bond acceptors (Lipinski definition) is 5. The Morgan fingerprint density at radius 2 is 1.83 bits per heavy atom. The van der Waals surface area contributed by atoms with E-state index in [9.17, 15) is 4.39 Å². The first kappa shape index (κ1) is 23.9. The molecule has 3 heterocycles. The molecule has 5 aromatic rings. The van der Waals surface area contributed by atoms with Crippen molar-refractivity contribution in [3.05, 3.63) is 90.0 Å². The molecule has 178 valence electrons. The Bertz CT molecular complexity index is 1560. The van der Waals surface area contributed by atoms with Crippen LogP contribution in [0.5, 0.6) is 0 Å². The third-order valence-electron chi connectivity index (χ3n) is 5.44. The van der Waals surface area contributed by atoms with Gasteiger partial charge in [-0.15, -0.1) is 0 Å². The molecule has 0 atom stereocenters. The van der Waals surface area contributed by atoms with Gasteiger partial charge in [0.15, 0.2) is 5.76 Å². The van der Waals surface area contributed by atoms with Gasteiger partial charge in [-0.25, -0.2) is 9.37 Å². The number of aromatic nitrogens is 4. The number of nitrogens with two attached hydrogens (primary N) is 1. The number of nitrogens with zero attached hydrogens (tertiary/aromatic N) is 4. The Kier molecular flexibility index (Phi) is 7.06. The fourth-order valence-electron chi connectivity index (χ4n) is 3.94. The molecule has 2 N–H and O–H groups in total. The molecule has 6 nitrogen and oxygen atoms in total. The summed E-state index contributed by atoms with van der Waals surface area (Å²) < 4.78 is 22.2. The molecule has 0 radical (unpaired) electrons. The van der Waals surface area contributed by atoms with E-state index in [2.05, 4.69) is 22.0 Å². The Morgan fingerprint density at radius 1 is 1.06 bits per heavy atom. The third-order valence-corrected chi connectivity index (χ3v) is 5.44. The second kappa shape index (κ2) is 10.3. The van der Waals surface area contributed by atoms with E-state index in [1.807, 2.05) is 69.3 Å². The maximum absolute atomic E-state index is 14.3. The van der Waals surface area contributed by atoms with Crippen LogP contribution in [0, 0.1) is 5.82 Å². The lowest BCUT2D eigenvalue weighted by molar-refractivity contribution is 0.466. The number of anilines is 1. The first-order chi connectivity index (χ1) is 17.1. The summed E-state index contributed by atoms with van der Waals surface area (Å²) in [6.07, 6.45) is 6.41. The predicted molar refractivity (Wildman–Crippen MR) is 141 cm³/mol. The minimum absolute atomic E-state index is 0.104. The summed E-state index contributed by atoms with van der Waals surface area (Å²) in [4.78, 5) is 8.76. The average molecular weight is 470 g/mol. The lowest BCUT2D eigenvalue weighted by Crippen LogP contribution is -2.03. The van der Waals surface area contributed by atoms with Crippen LogP contribution >= 0.6 is 0 Å². The standard InChI is InChI=1S/C26H22FN5O.C2H6/c1-3-8-23(18-12-5-9-16-10-7-14-29-24(16)18)33-22(4-2)20-15-21-17-11-6-13-19(27)25(17)30-26(28)32(21)31-20;1-2/h4-15H,3H2,1-2H3,(H2,28,30);1-2H3/b22-4-,23-8+;. The Balaban J connectivity index is 0.00000141. The third kappa shape index (κ3) is 4.45. The predicted octanol–water partition coefficient (Wildman–Crippen LogP) is 7.01. The summed E-state index contributed by atoms with van der Waals surface area (Å²) in [7, 11) is 0. The van der Waals surface area contributed by atoms with Crippen LogP contribution in [0.2, 0.25) is 0 Å². The van der Waals surface area contributed by atoms with Crippen LogP contribution in [0.4, 0.5) is 10.3 Å². The normalized spacial score (nSPS) is 12.1. The van der Waals surface area contributed by atoms with Gasteiger partial charge in [0.25, 0.3) is 0 Å². The highest BCUT2D eigenvalue weighted by atomic mass is 19.1. The fourth-order valence-corrected chi connectivity index (χ4v) is 3.94. The van der Waals surface area contributed by atoms with Gasteiger partial charge in [-0.2, -0.15) is 9.61 Å². The molecule has 0 saturated carbocycles. The number of rotatable bonds is 5. The summed E-state index contributed by atoms with van der Waals surface area (Å²) in [5, 5.41) is 6.26. The molecule has 5 rings (SSSR count). The van der Waals surface area contributed by atoms with E-state index in [1.165, 1.54) is 10.6 Å². The molecule has 0 fully saturated rings. The second-order valence-electron chi connectivity index (χ2n) is 7.54. The number of halogens is 1. The topological polar surface area (TPSA) is 78.3 Å². The van der Waals surface area contributed by atoms with Crippen molar-refractivity contribution in [2.75, 3.05) is 5.73 Å². The van der Waals surface area contributed by atoms with Crippen LogP contribution in [0.3, 0.4) is 0 Å². The molecule has 0 unspecified atom stereocenters. The molecule has 0 bridgehead atoms. The van der Waals surface area contributed by atoms with E-state index >= 15 is 0 Å². The van der Waals surface area contributed by atoms with E-state index in [1.54, 1.807) is 18.3 Å². The van der Waals surface area contributed by atoms with Crippen molar-refractivity contribution in [1.29, 1.82) is 0 Å². The zero-order valence-corrected chi connectivity index (χ0v) is 20.3. The van der Waals surface area contributed by atoms with Crippen LogP contribution < -0.4 is 5.73 Å². The average Bonchev–Trinajstić information content (AvgIpc) is 3.35. The molecule has 35 heavy (non-hydrogen) atoms. The molecular weight excluding hydrogens is 441 g/mol. The summed E-state index contributed by atoms with van der Waals surface area (Å²) in [6, 6.07) is 16.6. The molecule has 7 heteroatoms. The van der Waals surface area contributed by atoms with Gasteiger partial charge in [-0.1, -0.05) is 51.1 Å². The molecule has 0 aliphatic rings. The molecule has 0 amide bonds. The highest BCUT2D eigenvalue weighted by Gasteiger charge is 2.17. The Hall–Kier alpha value is -4.26. The summed E-state index contributed by atoms with van der Waals surface area (Å²) >= 11 is 0. The number of benzene rings is 2. The summed E-state index contributed by atoms with van der Waals surface area (Å²) in [6.45, 7) is 7.93. The van der Waals surface area contributed by atoms with E-state index in [4.69, 9.17) is 10.5 Å². The van der Waals surface area contributed by atoms with Gasteiger partial charge in [0.1, 0.15) is 22.8 Å². The molecule has 0 aliphatic heterocycles. The van der Waals surface area contributed by atoms with Gasteiger partial charge in [-0.05, 0) is 49.8 Å². The van der Waals surface area contributed by atoms with Crippen molar-refractivity contribution in [2.45, 2.75) is 34.1 Å². The second-order valence-corrected chi connectivity index (χ2v) is 7.54. The lowest BCUT2D eigenvalue weighted by atomic mass is 10.1. The summed E-state index contributed by atoms with van der Waals surface area (Å²) in [5.74, 6) is 0.916. The SMILES string of the molecule is C/C=C(\O/C(=C/CC)c1cccc2cccnc12)c1cc2c3cccc(F)c3nc(N)n2n1.CC. The Morgan fingerprint density at radius 3 is 2.60 bits per heavy atom. The molecule has 0 aliphatic carbocycles. The highest BCUT2D eigenvalue weighted by Crippen LogP contribution is 2.31. The van der Waals surface area contributed by atoms with Gasteiger partial charge in [0.2, 0.25) is 5.95 Å². The van der Waals surface area contributed by atoms with Crippen molar-refractivity contribution in [3.8, 4) is 0 Å². The minimum Gasteiger partial charge on any atom is -0.455 e. The van der Waals surface area contributed by atoms with Crippen LogP contribution in [0.1, 0.15) is 45.4 Å². The minimum atomic E-state index is -0.427. The number of fused-ring (bicyclic) bond motifs is 4. The van der Waals surface area contributed by atoms with Crippen molar-refractivity contribution in [1.82, 2.24) is 19.6 Å². The van der Waals surface area contributed by atoms with Gasteiger partial charge in [0, 0.05) is 22.5 Å². The zero-order chi connectivity index (χ0) is 24.9. The highest BCUT2D eigenvalue weighted by molar-refractivity contribution is 5.96. The van der Waals surface area contributed by atoms with Crippen molar-refractivity contribution in [2.24, 2.45) is 0 Å². The lowest BCUT2D eigenvalue weighted by Gasteiger charge is -2.13. The largest absolute Gasteiger partial charge is 0.455 e. The van der Waals surface area contributed by atoms with E-state index in [0.29, 0.717) is 28.1 Å². The molecule has 0 saturated heterocycles. The number of ether oxygens (including phenoxy) is 1. The maximum Gasteiger partial charge on any atom is 0.222 e. The molecular formula is C28H28FN5O. The van der Waals surface area contributed by atoms with Crippen LogP contribution in [0.15, 0.2) is 72.9 Å². The first-order valence-electron chi connectivity index (χ1n) is 11.7. The van der Waals surface area contributed by atoms with Crippen molar-refractivity contribution in [3.63, 3.8) is 0 Å². The Labute approximate surface area is 203 Å². The summed E-state index contributed by atoms with van der Waals surface area (Å²) in [5.41, 5.74) is 9.28. The van der Waals surface area contributed by atoms with Crippen LogP contribution in [-0.2, 0) is 4.74 Å². The van der Waals surface area contributed by atoms with Gasteiger partial charge in [0.05, 0.1) is 11.0 Å². The molecule has 2 aromatic carbocycles. The fraction of sp³-hybridized carbons (Fsp3) is 0.179. The smallest absolute Gasteiger partial charge is 0.222 e. The molecule has 0 spiro atoms. The van der Waals surface area contributed by atoms with Crippen LogP contribution in [-0.4, -0.2) is 19.6 Å². The maximum atomic E-state index is 14.3. The van der Waals surface area contributed by atoms with Crippen LogP contribution in [0.25, 0.3) is 38.8 Å². The van der Waals surface area contributed by atoms with E-state index in [0.717, 1.165) is 22.9 Å². The van der Waals surface area contributed by atoms with Gasteiger partial charge in [-0.3, -0.25) is 4.98 Å². The first-order valence-corrected chi connectivity index (χ1v) is 11.7. The van der Waals surface area contributed by atoms with Gasteiger partial charge < -0.3 is 10.5 Å². The number of pyridine rings is 1. The van der Waals surface area contributed by atoms with Crippen molar-refractivity contribution < 1.29 is 9.13 Å². The van der Waals surface area contributed by atoms with E-state index in [-0.39, 0.29) is 11.5 Å². The monoisotopic (exact) mass is 469 g/mol. The van der Waals surface area contributed by atoms with Crippen molar-refractivity contribution >= 4 is 44.8 Å². The van der Waals surface area contributed by atoms with Gasteiger partial charge >= 0.3 is 0 Å². The quantitative estimate of drug-likeness (QED) is 0.280. The van der Waals surface area contributed by atoms with E-state index < -0.39 is 5.82 Å². The number of para-hydroxylation sites is 2.